The van der Waals surface area contributed by atoms with Gasteiger partial charge in [0.1, 0.15) is 12.2 Å². The van der Waals surface area contributed by atoms with Gasteiger partial charge >= 0.3 is 6.18 Å². The number of anilines is 2. The molecule has 2 aromatic rings. The van der Waals surface area contributed by atoms with E-state index in [0.29, 0.717) is 17.7 Å². The van der Waals surface area contributed by atoms with Gasteiger partial charge in [0, 0.05) is 6.42 Å². The summed E-state index contributed by atoms with van der Waals surface area (Å²) in [7, 11) is 0. The summed E-state index contributed by atoms with van der Waals surface area (Å²) in [5.41, 5.74) is 3.77. The third-order valence-corrected chi connectivity index (χ3v) is 5.58. The average molecular weight is 432 g/mol. The van der Waals surface area contributed by atoms with Crippen molar-refractivity contribution in [2.75, 3.05) is 16.9 Å². The number of nitrogens with one attached hydrogen (secondary N) is 2. The maximum Gasteiger partial charge on any atom is 0.416 e. The molecule has 0 radical (unpaired) electrons. The number of amides is 3. The zero-order chi connectivity index (χ0) is 22.4. The number of halogens is 3. The first kappa shape index (κ1) is 20.7. The van der Waals surface area contributed by atoms with Crippen molar-refractivity contribution in [2.24, 2.45) is 0 Å². The first-order chi connectivity index (χ1) is 14.6. The lowest BCUT2D eigenvalue weighted by atomic mass is 9.98. The lowest BCUT2D eigenvalue weighted by Gasteiger charge is -2.48. The van der Waals surface area contributed by atoms with E-state index in [-0.39, 0.29) is 24.6 Å². The van der Waals surface area contributed by atoms with Crippen molar-refractivity contribution in [1.82, 2.24) is 10.3 Å². The Bertz CT molecular complexity index is 1070. The molecule has 3 amide bonds. The topological polar surface area (TPSA) is 81.8 Å². The lowest BCUT2D eigenvalue weighted by molar-refractivity contribution is -0.137. The van der Waals surface area contributed by atoms with E-state index in [9.17, 15) is 27.6 Å². The summed E-state index contributed by atoms with van der Waals surface area (Å²) in [5, 5.41) is 0. The minimum absolute atomic E-state index is 0.0439. The highest BCUT2D eigenvalue weighted by Crippen LogP contribution is 2.43. The van der Waals surface area contributed by atoms with Gasteiger partial charge in [-0.2, -0.15) is 13.2 Å². The molecule has 0 saturated carbocycles. The average Bonchev–Trinajstić information content (AvgIpc) is 3.04. The van der Waals surface area contributed by atoms with Crippen LogP contribution in [0.1, 0.15) is 35.7 Å². The van der Waals surface area contributed by atoms with E-state index >= 15 is 0 Å². The van der Waals surface area contributed by atoms with Crippen LogP contribution in [0, 0.1) is 0 Å². The van der Waals surface area contributed by atoms with Gasteiger partial charge in [0.05, 0.1) is 22.5 Å². The van der Waals surface area contributed by atoms with Gasteiger partial charge in [0.15, 0.2) is 0 Å². The standard InChI is InChI=1S/C21H19F3N4O3/c1-20-10-9-18(30)28(20)16-8-3-2-7-15(16)19(31)27(20)12-17(29)26-25-14-6-4-5-13(11-14)21(22,23)24/h2-8,11,25H,9-10,12H2,1H3,(H,26,29). The van der Waals surface area contributed by atoms with Crippen LogP contribution in [0.15, 0.2) is 48.5 Å². The second-order valence-electron chi connectivity index (χ2n) is 7.61. The second kappa shape index (κ2) is 7.29. The smallest absolute Gasteiger partial charge is 0.306 e. The van der Waals surface area contributed by atoms with Crippen LogP contribution >= 0.6 is 0 Å². The van der Waals surface area contributed by atoms with Gasteiger partial charge in [0.25, 0.3) is 11.8 Å². The predicted molar refractivity (Wildman–Crippen MR) is 106 cm³/mol. The van der Waals surface area contributed by atoms with E-state index in [1.54, 1.807) is 31.2 Å². The minimum Gasteiger partial charge on any atom is -0.306 e. The number of benzene rings is 2. The Morgan fingerprint density at radius 2 is 1.87 bits per heavy atom. The number of hydrogen-bond acceptors (Lipinski definition) is 4. The SMILES string of the molecule is CC12CCC(=O)N1c1ccccc1C(=O)N2CC(=O)NNc1cccc(C(F)(F)F)c1. The largest absolute Gasteiger partial charge is 0.416 e. The number of carbonyl (C=O) groups excluding carboxylic acids is 3. The van der Waals surface area contributed by atoms with Crippen molar-refractivity contribution in [1.29, 1.82) is 0 Å². The first-order valence-corrected chi connectivity index (χ1v) is 9.57. The fourth-order valence-corrected chi connectivity index (χ4v) is 4.04. The summed E-state index contributed by atoms with van der Waals surface area (Å²) in [4.78, 5) is 41.0. The molecule has 10 heteroatoms. The molecule has 2 heterocycles. The number of hydrazine groups is 1. The molecule has 162 valence electrons. The zero-order valence-electron chi connectivity index (χ0n) is 16.5. The molecule has 0 bridgehead atoms. The number of carbonyl (C=O) groups is 3. The first-order valence-electron chi connectivity index (χ1n) is 9.57. The Balaban J connectivity index is 1.52. The molecule has 2 aromatic carbocycles. The van der Waals surface area contributed by atoms with Crippen LogP contribution < -0.4 is 15.8 Å². The quantitative estimate of drug-likeness (QED) is 0.728. The zero-order valence-corrected chi connectivity index (χ0v) is 16.5. The van der Waals surface area contributed by atoms with Crippen LogP contribution in [-0.4, -0.2) is 34.8 Å². The van der Waals surface area contributed by atoms with Gasteiger partial charge in [-0.05, 0) is 43.7 Å². The lowest BCUT2D eigenvalue weighted by Crippen LogP contribution is -2.64. The molecular formula is C21H19F3N4O3. The van der Waals surface area contributed by atoms with Gasteiger partial charge in [-0.25, -0.2) is 0 Å². The van der Waals surface area contributed by atoms with Crippen molar-refractivity contribution in [2.45, 2.75) is 31.6 Å². The van der Waals surface area contributed by atoms with Crippen LogP contribution in [0.3, 0.4) is 0 Å². The van der Waals surface area contributed by atoms with Crippen molar-refractivity contribution in [3.8, 4) is 0 Å². The highest BCUT2D eigenvalue weighted by atomic mass is 19.4. The Morgan fingerprint density at radius 1 is 1.13 bits per heavy atom. The van der Waals surface area contributed by atoms with E-state index in [1.807, 2.05) is 0 Å². The Morgan fingerprint density at radius 3 is 2.61 bits per heavy atom. The normalized spacial score (nSPS) is 20.4. The Kier molecular flexibility index (Phi) is 4.87. The number of alkyl halides is 3. The van der Waals surface area contributed by atoms with Crippen molar-refractivity contribution in [3.63, 3.8) is 0 Å². The fourth-order valence-electron chi connectivity index (χ4n) is 4.04. The van der Waals surface area contributed by atoms with Gasteiger partial charge in [0.2, 0.25) is 5.91 Å². The van der Waals surface area contributed by atoms with E-state index in [0.717, 1.165) is 12.1 Å². The van der Waals surface area contributed by atoms with E-state index < -0.39 is 29.2 Å². The summed E-state index contributed by atoms with van der Waals surface area (Å²) in [6, 6.07) is 11.1. The van der Waals surface area contributed by atoms with E-state index in [1.165, 1.54) is 21.9 Å². The van der Waals surface area contributed by atoms with Gasteiger partial charge in [-0.15, -0.1) is 0 Å². The van der Waals surface area contributed by atoms with Crippen LogP contribution in [0.5, 0.6) is 0 Å². The van der Waals surface area contributed by atoms with Crippen molar-refractivity contribution in [3.05, 3.63) is 59.7 Å². The molecule has 7 nitrogen and oxygen atoms in total. The molecule has 2 aliphatic rings. The van der Waals surface area contributed by atoms with Crippen LogP contribution in [0.4, 0.5) is 24.5 Å². The summed E-state index contributed by atoms with van der Waals surface area (Å²) in [6.07, 6.45) is -3.92. The van der Waals surface area contributed by atoms with Gasteiger partial charge in [-0.1, -0.05) is 18.2 Å². The number of hydrogen-bond donors (Lipinski definition) is 2. The number of rotatable bonds is 4. The Hall–Kier alpha value is -3.56. The monoisotopic (exact) mass is 432 g/mol. The molecular weight excluding hydrogens is 413 g/mol. The molecule has 1 atom stereocenters. The summed E-state index contributed by atoms with van der Waals surface area (Å²) in [6.45, 7) is 1.35. The van der Waals surface area contributed by atoms with E-state index in [2.05, 4.69) is 10.9 Å². The molecule has 2 aliphatic heterocycles. The third kappa shape index (κ3) is 3.58. The number of fused-ring (bicyclic) bond motifs is 3. The molecule has 31 heavy (non-hydrogen) atoms. The molecule has 2 N–H and O–H groups in total. The van der Waals surface area contributed by atoms with Crippen molar-refractivity contribution < 1.29 is 27.6 Å². The van der Waals surface area contributed by atoms with E-state index in [4.69, 9.17) is 0 Å². The fraction of sp³-hybridized carbons (Fsp3) is 0.286. The highest BCUT2D eigenvalue weighted by Gasteiger charge is 2.53. The predicted octanol–water partition coefficient (Wildman–Crippen LogP) is 3.15. The second-order valence-corrected chi connectivity index (χ2v) is 7.61. The molecule has 0 aromatic heterocycles. The maximum atomic E-state index is 13.1. The van der Waals surface area contributed by atoms with Crippen molar-refractivity contribution >= 4 is 29.1 Å². The molecule has 1 unspecified atom stereocenters. The molecule has 1 fully saturated rings. The highest BCUT2D eigenvalue weighted by molar-refractivity contribution is 6.11. The van der Waals surface area contributed by atoms with Crippen LogP contribution in [-0.2, 0) is 15.8 Å². The minimum atomic E-state index is -4.51. The number of para-hydroxylation sites is 1. The summed E-state index contributed by atoms with van der Waals surface area (Å²) < 4.78 is 38.5. The summed E-state index contributed by atoms with van der Waals surface area (Å²) >= 11 is 0. The van der Waals surface area contributed by atoms with Crippen LogP contribution in [0.2, 0.25) is 0 Å². The van der Waals surface area contributed by atoms with Crippen LogP contribution in [0.25, 0.3) is 0 Å². The molecule has 0 spiro atoms. The Labute approximate surface area is 175 Å². The molecule has 1 saturated heterocycles. The summed E-state index contributed by atoms with van der Waals surface area (Å²) in [5.74, 6) is -1.17. The third-order valence-electron chi connectivity index (χ3n) is 5.58. The molecule has 0 aliphatic carbocycles. The van der Waals surface area contributed by atoms with Gasteiger partial charge < -0.3 is 4.90 Å². The molecule has 4 rings (SSSR count). The number of nitrogens with zero attached hydrogens (tertiary/aromatic N) is 2. The maximum absolute atomic E-state index is 13.1. The van der Waals surface area contributed by atoms with Gasteiger partial charge in [-0.3, -0.25) is 30.1 Å².